The molecule has 1 amide bonds. The quantitative estimate of drug-likeness (QED) is 0.294. The number of anilines is 1. The van der Waals surface area contributed by atoms with Crippen molar-refractivity contribution < 1.29 is 14.7 Å². The van der Waals surface area contributed by atoms with E-state index in [0.29, 0.717) is 62.9 Å². The summed E-state index contributed by atoms with van der Waals surface area (Å²) in [6.45, 7) is 6.45. The minimum atomic E-state index is -1.16. The molecule has 0 unspecified atom stereocenters. The Balaban J connectivity index is 1.58. The molecular weight excluding hydrogens is 530 g/mol. The summed E-state index contributed by atoms with van der Waals surface area (Å²) in [4.78, 5) is 50.7. The van der Waals surface area contributed by atoms with Gasteiger partial charge >= 0.3 is 5.97 Å². The van der Waals surface area contributed by atoms with Gasteiger partial charge in [-0.15, -0.1) is 11.3 Å². The normalized spacial score (nSPS) is 14.9. The molecule has 0 spiro atoms. The van der Waals surface area contributed by atoms with Crippen LogP contribution >= 0.6 is 11.3 Å². The summed E-state index contributed by atoms with van der Waals surface area (Å²) in [5, 5.41) is 12.4. The molecule has 11 nitrogen and oxygen atoms in total. The number of piperazine rings is 1. The van der Waals surface area contributed by atoms with E-state index in [0.717, 1.165) is 35.2 Å². The van der Waals surface area contributed by atoms with Crippen molar-refractivity contribution in [3.63, 3.8) is 0 Å². The van der Waals surface area contributed by atoms with Gasteiger partial charge in [-0.05, 0) is 55.5 Å². The number of carboxylic acid groups (broad SMARTS) is 1. The average Bonchev–Trinajstić information content (AvgIpc) is 3.43. The lowest BCUT2D eigenvalue weighted by Gasteiger charge is -2.37. The second kappa shape index (κ2) is 13.2. The molecule has 0 saturated carbocycles. The fraction of sp³-hybridized carbons (Fsp3) is 0.464. The van der Waals surface area contributed by atoms with Crippen LogP contribution in [0.3, 0.4) is 0 Å². The van der Waals surface area contributed by atoms with Gasteiger partial charge in [-0.2, -0.15) is 0 Å². The number of hydrogen-bond donors (Lipinski definition) is 3. The number of pyridine rings is 1. The van der Waals surface area contributed by atoms with E-state index in [1.165, 1.54) is 10.5 Å². The van der Waals surface area contributed by atoms with Crippen molar-refractivity contribution in [3.05, 3.63) is 62.0 Å². The van der Waals surface area contributed by atoms with Gasteiger partial charge in [-0.25, -0.2) is 14.8 Å². The lowest BCUT2D eigenvalue weighted by atomic mass is 10.1. The molecule has 4 rings (SSSR count). The number of amides is 1. The number of aromatic nitrogens is 3. The first-order valence-electron chi connectivity index (χ1n) is 13.6. The zero-order valence-electron chi connectivity index (χ0n) is 23.0. The van der Waals surface area contributed by atoms with Crippen LogP contribution in [0.5, 0.6) is 0 Å². The van der Waals surface area contributed by atoms with Gasteiger partial charge in [0.15, 0.2) is 0 Å². The number of nitrogens with two attached hydrogens (primary N) is 2. The van der Waals surface area contributed by atoms with Crippen molar-refractivity contribution in [2.45, 2.75) is 51.5 Å². The van der Waals surface area contributed by atoms with Crippen LogP contribution in [0.15, 0.2) is 34.6 Å². The number of nitrogens with zero attached hydrogens (tertiary/aromatic N) is 5. The maximum absolute atomic E-state index is 13.5. The molecule has 1 atom stereocenters. The molecule has 1 fully saturated rings. The molecule has 4 heterocycles. The lowest BCUT2D eigenvalue weighted by molar-refractivity contribution is -0.133. The summed E-state index contributed by atoms with van der Waals surface area (Å²) in [6, 6.07) is 3.19. The van der Waals surface area contributed by atoms with Crippen LogP contribution in [0.1, 0.15) is 54.4 Å². The van der Waals surface area contributed by atoms with Crippen molar-refractivity contribution in [2.75, 3.05) is 37.6 Å². The van der Waals surface area contributed by atoms with E-state index in [2.05, 4.69) is 19.2 Å². The molecule has 12 heteroatoms. The average molecular weight is 568 g/mol. The molecule has 1 aliphatic rings. The number of thiazole rings is 1. The molecule has 0 aliphatic carbocycles. The molecule has 1 saturated heterocycles. The Morgan fingerprint density at radius 1 is 1.18 bits per heavy atom. The van der Waals surface area contributed by atoms with Gasteiger partial charge in [0.2, 0.25) is 5.91 Å². The third kappa shape index (κ3) is 6.93. The van der Waals surface area contributed by atoms with E-state index in [4.69, 9.17) is 21.4 Å². The molecule has 40 heavy (non-hydrogen) atoms. The Morgan fingerprint density at radius 3 is 2.58 bits per heavy atom. The van der Waals surface area contributed by atoms with Gasteiger partial charge in [0, 0.05) is 50.3 Å². The van der Waals surface area contributed by atoms with Crippen LogP contribution < -0.4 is 21.9 Å². The Kier molecular flexibility index (Phi) is 9.67. The van der Waals surface area contributed by atoms with Crippen molar-refractivity contribution in [2.24, 2.45) is 11.5 Å². The van der Waals surface area contributed by atoms with E-state index < -0.39 is 12.0 Å². The molecule has 3 aromatic heterocycles. The number of aryl methyl sites for hydroxylation is 2. The van der Waals surface area contributed by atoms with Crippen molar-refractivity contribution >= 4 is 40.8 Å². The summed E-state index contributed by atoms with van der Waals surface area (Å²) >= 11 is 1.66. The second-order valence-electron chi connectivity index (χ2n) is 10.3. The first-order chi connectivity index (χ1) is 19.2. The van der Waals surface area contributed by atoms with Crippen molar-refractivity contribution in [1.82, 2.24) is 19.3 Å². The number of hydrogen-bond acceptors (Lipinski definition) is 9. The number of rotatable bonds is 11. The highest BCUT2D eigenvalue weighted by atomic mass is 32.1. The van der Waals surface area contributed by atoms with Gasteiger partial charge in [-0.3, -0.25) is 14.0 Å². The van der Waals surface area contributed by atoms with E-state index in [9.17, 15) is 19.5 Å². The zero-order valence-corrected chi connectivity index (χ0v) is 23.8. The van der Waals surface area contributed by atoms with E-state index in [1.54, 1.807) is 22.4 Å². The van der Waals surface area contributed by atoms with Gasteiger partial charge in [-0.1, -0.05) is 13.8 Å². The third-order valence-electron chi connectivity index (χ3n) is 7.02. The predicted octanol–water partition coefficient (Wildman–Crippen LogP) is 1.87. The fourth-order valence-corrected chi connectivity index (χ4v) is 5.63. The minimum Gasteiger partial charge on any atom is -0.478 e. The summed E-state index contributed by atoms with van der Waals surface area (Å²) in [6.07, 6.45) is 6.67. The molecule has 1 aliphatic heterocycles. The van der Waals surface area contributed by atoms with Gasteiger partial charge < -0.3 is 26.4 Å². The topological polar surface area (TPSA) is 160 Å². The Hall–Kier alpha value is -3.61. The number of carbonyl (C=O) groups is 2. The first kappa shape index (κ1) is 29.4. The lowest BCUT2D eigenvalue weighted by Crippen LogP contribution is -2.53. The maximum atomic E-state index is 13.5. The van der Waals surface area contributed by atoms with Crippen LogP contribution in [0, 0.1) is 0 Å². The van der Waals surface area contributed by atoms with Crippen LogP contribution in [-0.2, 0) is 22.4 Å². The highest BCUT2D eigenvalue weighted by Crippen LogP contribution is 2.22. The van der Waals surface area contributed by atoms with Gasteiger partial charge in [0.05, 0.1) is 22.3 Å². The first-order valence-corrected chi connectivity index (χ1v) is 14.5. The second-order valence-corrected chi connectivity index (χ2v) is 11.2. The number of fused-ring (bicyclic) bond motifs is 1. The highest BCUT2D eigenvalue weighted by Gasteiger charge is 2.27. The van der Waals surface area contributed by atoms with E-state index >= 15 is 0 Å². The number of carbonyl (C=O) groups excluding carboxylic acids is 1. The van der Waals surface area contributed by atoms with Gasteiger partial charge in [0.1, 0.15) is 11.5 Å². The minimum absolute atomic E-state index is 0.115. The van der Waals surface area contributed by atoms with Crippen molar-refractivity contribution in [1.29, 1.82) is 0 Å². The van der Waals surface area contributed by atoms with Crippen molar-refractivity contribution in [3.8, 4) is 0 Å². The van der Waals surface area contributed by atoms with Crippen LogP contribution in [0.4, 0.5) is 5.82 Å². The van der Waals surface area contributed by atoms with E-state index in [-0.39, 0.29) is 17.0 Å². The summed E-state index contributed by atoms with van der Waals surface area (Å²) in [5.41, 5.74) is 14.0. The molecule has 0 aromatic carbocycles. The molecule has 0 radical (unpaired) electrons. The Morgan fingerprint density at radius 2 is 1.93 bits per heavy atom. The van der Waals surface area contributed by atoms with Gasteiger partial charge in [0.25, 0.3) is 5.56 Å². The number of aliphatic carboxylic acids is 1. The SMILES string of the molecule is CC(C)c1csc(CCc2ccn3c(=O)c(/C=C/C(=O)O)c(N4CCN(C(=O)[C@@H](N)CCCN)CC4)nc3c2)n1. The third-order valence-corrected chi connectivity index (χ3v) is 7.94. The summed E-state index contributed by atoms with van der Waals surface area (Å²) in [7, 11) is 0. The van der Waals surface area contributed by atoms with Crippen LogP contribution in [-0.4, -0.2) is 75.0 Å². The fourth-order valence-electron chi connectivity index (χ4n) is 4.67. The summed E-state index contributed by atoms with van der Waals surface area (Å²) < 4.78 is 1.44. The largest absolute Gasteiger partial charge is 0.478 e. The smallest absolute Gasteiger partial charge is 0.328 e. The summed E-state index contributed by atoms with van der Waals surface area (Å²) in [5.74, 6) is -0.482. The molecule has 214 valence electrons. The predicted molar refractivity (Wildman–Crippen MR) is 157 cm³/mol. The zero-order chi connectivity index (χ0) is 28.8. The van der Waals surface area contributed by atoms with Crippen LogP contribution in [0.25, 0.3) is 11.7 Å². The molecule has 0 bridgehead atoms. The Bertz CT molecular complexity index is 1440. The Labute approximate surface area is 237 Å². The highest BCUT2D eigenvalue weighted by molar-refractivity contribution is 7.09. The maximum Gasteiger partial charge on any atom is 0.328 e. The molecule has 3 aromatic rings. The molecular formula is C28H37N7O4S. The standard InChI is InChI=1S/C28H37N7O4S/c1-18(2)22-17-40-24(31-22)7-5-19-9-11-35-23(16-19)32-26(20(27(35)38)6-8-25(36)37)33-12-14-34(15-13-33)28(39)21(30)4-3-10-29/h6,8-9,11,16-18,21H,3-5,7,10,12-15,29-30H2,1-2H3,(H,36,37)/b8-6+/t21-/m0/s1. The molecule has 5 N–H and O–H groups in total. The van der Waals surface area contributed by atoms with Crippen LogP contribution in [0.2, 0.25) is 0 Å². The van der Waals surface area contributed by atoms with E-state index in [1.807, 2.05) is 17.0 Å². The number of carboxylic acids is 1. The monoisotopic (exact) mass is 567 g/mol.